The lowest BCUT2D eigenvalue weighted by atomic mass is 9.81. The minimum absolute atomic E-state index is 0.131. The number of oxime groups is 1. The number of hydrogen-bond acceptors (Lipinski definition) is 8. The zero-order chi connectivity index (χ0) is 23.2. The van der Waals surface area contributed by atoms with Gasteiger partial charge in [0.25, 0.3) is 0 Å². The van der Waals surface area contributed by atoms with E-state index in [4.69, 9.17) is 21.2 Å². The number of carbonyl (C=O) groups is 3. The second-order valence-electron chi connectivity index (χ2n) is 6.94. The average molecular weight is 470 g/mol. The van der Waals surface area contributed by atoms with E-state index in [0.717, 1.165) is 0 Å². The van der Waals surface area contributed by atoms with E-state index in [1.807, 2.05) is 0 Å². The van der Waals surface area contributed by atoms with Crippen LogP contribution in [-0.2, 0) is 24.3 Å². The van der Waals surface area contributed by atoms with E-state index >= 15 is 0 Å². The highest BCUT2D eigenvalue weighted by Gasteiger charge is 2.38. The highest BCUT2D eigenvalue weighted by Crippen LogP contribution is 2.37. The highest BCUT2D eigenvalue weighted by molar-refractivity contribution is 7.91. The highest BCUT2D eigenvalue weighted by atomic mass is 35.5. The maximum atomic E-state index is 13.0. The monoisotopic (exact) mass is 469 g/mol. The third kappa shape index (κ3) is 5.80. The number of hydrogen-bond donors (Lipinski definition) is 0. The number of benzene rings is 1. The number of sulfone groups is 1. The standard InChI is InChI=1S/C21H24ClNO7S/c1-4-11-30-23-13(3)12-29-21-17(31(27,28)5-2)10-9-14(19(21)22)20(26)18-15(24)7-6-8-16(18)25/h4,9-10,18H,1,5-8,11-12H2,2-3H3. The van der Waals surface area contributed by atoms with Gasteiger partial charge in [0.2, 0.25) is 0 Å². The molecule has 1 aromatic carbocycles. The number of Topliss-reactive ketones (excluding diaryl/α,β-unsaturated/α-hetero) is 3. The molecule has 0 radical (unpaired) electrons. The molecule has 10 heteroatoms. The first kappa shape index (κ1) is 24.7. The number of rotatable bonds is 10. The summed E-state index contributed by atoms with van der Waals surface area (Å²) in [5.74, 6) is -3.57. The zero-order valence-electron chi connectivity index (χ0n) is 17.4. The fourth-order valence-corrected chi connectivity index (χ4v) is 4.42. The molecule has 1 aliphatic carbocycles. The van der Waals surface area contributed by atoms with Gasteiger partial charge >= 0.3 is 0 Å². The summed E-state index contributed by atoms with van der Waals surface area (Å²) in [7, 11) is -3.75. The van der Waals surface area contributed by atoms with E-state index in [1.165, 1.54) is 25.1 Å². The van der Waals surface area contributed by atoms with E-state index in [-0.39, 0.29) is 53.0 Å². The Balaban J connectivity index is 2.46. The van der Waals surface area contributed by atoms with Crippen LogP contribution in [0.1, 0.15) is 43.5 Å². The summed E-state index contributed by atoms with van der Waals surface area (Å²) in [6, 6.07) is 2.41. The molecule has 0 aromatic heterocycles. The van der Waals surface area contributed by atoms with Gasteiger partial charge in [-0.05, 0) is 25.5 Å². The summed E-state index contributed by atoms with van der Waals surface area (Å²) in [6.07, 6.45) is 2.17. The topological polar surface area (TPSA) is 116 Å². The van der Waals surface area contributed by atoms with E-state index < -0.39 is 33.1 Å². The van der Waals surface area contributed by atoms with Gasteiger partial charge in [0.15, 0.2) is 32.9 Å². The lowest BCUT2D eigenvalue weighted by Gasteiger charge is -2.20. The molecular weight excluding hydrogens is 446 g/mol. The third-order valence-corrected chi connectivity index (χ3v) is 6.76. The molecule has 0 unspecified atom stereocenters. The lowest BCUT2D eigenvalue weighted by molar-refractivity contribution is -0.133. The lowest BCUT2D eigenvalue weighted by Crippen LogP contribution is -2.35. The van der Waals surface area contributed by atoms with Crippen LogP contribution in [0.2, 0.25) is 5.02 Å². The van der Waals surface area contributed by atoms with Crippen LogP contribution in [0.3, 0.4) is 0 Å². The van der Waals surface area contributed by atoms with Crippen molar-refractivity contribution in [2.75, 3.05) is 19.0 Å². The first-order valence-electron chi connectivity index (χ1n) is 9.68. The van der Waals surface area contributed by atoms with Crippen molar-refractivity contribution in [2.45, 2.75) is 38.0 Å². The maximum Gasteiger partial charge on any atom is 0.182 e. The smallest absolute Gasteiger partial charge is 0.182 e. The van der Waals surface area contributed by atoms with Crippen molar-refractivity contribution >= 4 is 44.5 Å². The van der Waals surface area contributed by atoms with Crippen molar-refractivity contribution in [2.24, 2.45) is 11.1 Å². The summed E-state index contributed by atoms with van der Waals surface area (Å²) in [6.45, 7) is 6.57. The molecule has 0 amide bonds. The molecule has 0 heterocycles. The van der Waals surface area contributed by atoms with Crippen LogP contribution < -0.4 is 4.74 Å². The minimum Gasteiger partial charge on any atom is -0.485 e. The zero-order valence-corrected chi connectivity index (χ0v) is 18.9. The Bertz CT molecular complexity index is 1010. The summed E-state index contributed by atoms with van der Waals surface area (Å²) < 4.78 is 30.6. The molecule has 8 nitrogen and oxygen atoms in total. The van der Waals surface area contributed by atoms with Gasteiger partial charge in [-0.2, -0.15) is 0 Å². The van der Waals surface area contributed by atoms with E-state index in [9.17, 15) is 22.8 Å². The number of halogens is 1. The van der Waals surface area contributed by atoms with E-state index in [1.54, 1.807) is 6.92 Å². The van der Waals surface area contributed by atoms with Crippen LogP contribution in [0, 0.1) is 5.92 Å². The molecule has 1 aromatic rings. The summed E-state index contributed by atoms with van der Waals surface area (Å²) in [5.41, 5.74) is 0.241. The predicted octanol–water partition coefficient (Wildman–Crippen LogP) is 3.21. The third-order valence-electron chi connectivity index (χ3n) is 4.63. The maximum absolute atomic E-state index is 13.0. The van der Waals surface area contributed by atoms with Gasteiger partial charge in [0.1, 0.15) is 24.0 Å². The number of ether oxygens (including phenoxy) is 1. The molecule has 1 fully saturated rings. The van der Waals surface area contributed by atoms with Gasteiger partial charge in [0, 0.05) is 18.4 Å². The van der Waals surface area contributed by atoms with Gasteiger partial charge < -0.3 is 9.57 Å². The largest absolute Gasteiger partial charge is 0.485 e. The first-order chi connectivity index (χ1) is 14.6. The minimum atomic E-state index is -3.75. The first-order valence-corrected chi connectivity index (χ1v) is 11.7. The van der Waals surface area contributed by atoms with Crippen molar-refractivity contribution in [1.29, 1.82) is 0 Å². The van der Waals surface area contributed by atoms with Crippen LogP contribution in [0.5, 0.6) is 5.75 Å². The van der Waals surface area contributed by atoms with Gasteiger partial charge in [-0.1, -0.05) is 36.3 Å². The molecule has 168 valence electrons. The Morgan fingerprint density at radius 2 is 1.94 bits per heavy atom. The second-order valence-corrected chi connectivity index (χ2v) is 9.57. The summed E-state index contributed by atoms with van der Waals surface area (Å²) >= 11 is 6.38. The molecule has 1 saturated carbocycles. The van der Waals surface area contributed by atoms with Crippen LogP contribution in [0.25, 0.3) is 0 Å². The normalized spacial score (nSPS) is 15.6. The Morgan fingerprint density at radius 1 is 1.29 bits per heavy atom. The number of nitrogens with zero attached hydrogens (tertiary/aromatic N) is 1. The van der Waals surface area contributed by atoms with Crippen LogP contribution in [0.15, 0.2) is 34.8 Å². The van der Waals surface area contributed by atoms with Crippen molar-refractivity contribution < 1.29 is 32.4 Å². The van der Waals surface area contributed by atoms with Crippen LogP contribution in [0.4, 0.5) is 0 Å². The Kier molecular flexibility index (Phi) is 8.52. The number of ketones is 3. The molecule has 1 aliphatic rings. The van der Waals surface area contributed by atoms with Crippen molar-refractivity contribution in [1.82, 2.24) is 0 Å². The predicted molar refractivity (Wildman–Crippen MR) is 116 cm³/mol. The molecule has 31 heavy (non-hydrogen) atoms. The quantitative estimate of drug-likeness (QED) is 0.129. The van der Waals surface area contributed by atoms with Gasteiger partial charge in [-0.25, -0.2) is 8.42 Å². The van der Waals surface area contributed by atoms with Crippen molar-refractivity contribution in [3.05, 3.63) is 35.4 Å². The van der Waals surface area contributed by atoms with E-state index in [2.05, 4.69) is 11.7 Å². The van der Waals surface area contributed by atoms with Crippen molar-refractivity contribution in [3.63, 3.8) is 0 Å². The Hall–Kier alpha value is -2.52. The van der Waals surface area contributed by atoms with Crippen LogP contribution >= 0.6 is 11.6 Å². The summed E-state index contributed by atoms with van der Waals surface area (Å²) in [5, 5.41) is 3.52. The van der Waals surface area contributed by atoms with Crippen molar-refractivity contribution in [3.8, 4) is 5.75 Å². The fraction of sp³-hybridized carbons (Fsp3) is 0.429. The van der Waals surface area contributed by atoms with Gasteiger partial charge in [-0.15, -0.1) is 0 Å². The molecule has 0 saturated heterocycles. The molecule has 0 N–H and O–H groups in total. The molecule has 0 bridgehead atoms. The molecule has 0 aliphatic heterocycles. The Labute approximate surface area is 186 Å². The van der Waals surface area contributed by atoms with Gasteiger partial charge in [0.05, 0.1) is 16.5 Å². The molecular formula is C21H24ClNO7S. The average Bonchev–Trinajstić information content (AvgIpc) is 2.72. The fourth-order valence-electron chi connectivity index (χ4n) is 3.02. The molecule has 0 spiro atoms. The molecule has 0 atom stereocenters. The summed E-state index contributed by atoms with van der Waals surface area (Å²) in [4.78, 5) is 42.1. The number of carbonyl (C=O) groups excluding carboxylic acids is 3. The van der Waals surface area contributed by atoms with Crippen LogP contribution in [-0.4, -0.2) is 50.4 Å². The Morgan fingerprint density at radius 3 is 2.52 bits per heavy atom. The molecule has 2 rings (SSSR count). The SMILES string of the molecule is C=CCON=C(C)COc1c(S(=O)(=O)CC)ccc(C(=O)C2C(=O)CCCC2=O)c1Cl. The second kappa shape index (κ2) is 10.7. The van der Waals surface area contributed by atoms with E-state index in [0.29, 0.717) is 12.1 Å². The van der Waals surface area contributed by atoms with Gasteiger partial charge in [-0.3, -0.25) is 14.4 Å².